The summed E-state index contributed by atoms with van der Waals surface area (Å²) in [6.45, 7) is -0.565. The third-order valence-corrected chi connectivity index (χ3v) is 5.12. The Bertz CT molecular complexity index is 1170. The van der Waals surface area contributed by atoms with Crippen LogP contribution in [0.15, 0.2) is 36.4 Å². The molecule has 0 aliphatic rings. The largest absolute Gasteiger partial charge is 0.395 e. The van der Waals surface area contributed by atoms with Crippen molar-refractivity contribution < 1.29 is 19.5 Å². The van der Waals surface area contributed by atoms with Crippen LogP contribution in [0.4, 0.5) is 4.79 Å². The first-order valence-electron chi connectivity index (χ1n) is 8.31. The number of primary amides is 3. The molecule has 10 heteroatoms. The van der Waals surface area contributed by atoms with Gasteiger partial charge in [0.05, 0.1) is 22.7 Å². The lowest BCUT2D eigenvalue weighted by molar-refractivity contribution is 0.0988. The molecule has 150 valence electrons. The zero-order chi connectivity index (χ0) is 21.5. The Labute approximate surface area is 174 Å². The van der Waals surface area contributed by atoms with E-state index in [4.69, 9.17) is 40.4 Å². The molecule has 0 aliphatic carbocycles. The van der Waals surface area contributed by atoms with Gasteiger partial charge in [0.25, 0.3) is 11.8 Å². The van der Waals surface area contributed by atoms with Crippen LogP contribution < -0.4 is 17.2 Å². The molecule has 3 aromatic rings. The van der Waals surface area contributed by atoms with E-state index in [1.807, 2.05) is 0 Å². The molecule has 1 aromatic heterocycles. The Kier molecular flexibility index (Phi) is 5.52. The number of aliphatic hydroxyl groups excluding tert-OH is 1. The molecule has 0 saturated carbocycles. The van der Waals surface area contributed by atoms with Crippen molar-refractivity contribution >= 4 is 52.0 Å². The highest BCUT2D eigenvalue weighted by molar-refractivity contribution is 6.37. The van der Waals surface area contributed by atoms with Gasteiger partial charge in [-0.15, -0.1) is 0 Å². The van der Waals surface area contributed by atoms with E-state index in [2.05, 4.69) is 0 Å². The smallest absolute Gasteiger partial charge is 0.324 e. The first-order valence-corrected chi connectivity index (χ1v) is 9.07. The molecule has 0 fully saturated rings. The Balaban J connectivity index is 2.48. The summed E-state index contributed by atoms with van der Waals surface area (Å²) in [7, 11) is 0. The lowest BCUT2D eigenvalue weighted by atomic mass is 9.86. The monoisotopic (exact) mass is 434 g/mol. The third kappa shape index (κ3) is 3.42. The van der Waals surface area contributed by atoms with Gasteiger partial charge in [-0.25, -0.2) is 4.79 Å². The number of carbonyl (C=O) groups is 3. The highest BCUT2D eigenvalue weighted by Gasteiger charge is 2.32. The zero-order valence-corrected chi connectivity index (χ0v) is 16.4. The maximum atomic E-state index is 12.3. The van der Waals surface area contributed by atoms with Crippen LogP contribution in [-0.2, 0) is 0 Å². The highest BCUT2D eigenvalue weighted by atomic mass is 35.5. The predicted molar refractivity (Wildman–Crippen MR) is 109 cm³/mol. The second-order valence-corrected chi connectivity index (χ2v) is 7.11. The van der Waals surface area contributed by atoms with Crippen LogP contribution in [0.25, 0.3) is 10.9 Å². The molecule has 7 N–H and O–H groups in total. The number of hydrogen-bond donors (Lipinski definition) is 4. The molecule has 3 rings (SSSR count). The number of fused-ring (bicyclic) bond motifs is 1. The highest BCUT2D eigenvalue weighted by Crippen LogP contribution is 2.39. The molecule has 1 unspecified atom stereocenters. The minimum Gasteiger partial charge on any atom is -0.395 e. The second kappa shape index (κ2) is 7.75. The fourth-order valence-corrected chi connectivity index (χ4v) is 4.17. The van der Waals surface area contributed by atoms with Gasteiger partial charge in [-0.1, -0.05) is 41.4 Å². The Morgan fingerprint density at radius 1 is 1.03 bits per heavy atom. The summed E-state index contributed by atoms with van der Waals surface area (Å²) in [6.07, 6.45) is 0. The van der Waals surface area contributed by atoms with Gasteiger partial charge in [0.1, 0.15) is 5.69 Å². The number of aromatic nitrogens is 1. The standard InChI is InChI=1S/C19H16Cl2N4O4/c20-8-5-10(15(17(22)27)12(21)6-8)11(7-26)14-9-3-1-2-4-13(9)25(19(24)29)16(14)18(23)28/h1-6,11,26H,7H2,(H2,22,27)(H2,23,28)(H2,24,29). The van der Waals surface area contributed by atoms with Crippen molar-refractivity contribution in [1.82, 2.24) is 4.57 Å². The summed E-state index contributed by atoms with van der Waals surface area (Å²) in [4.78, 5) is 36.4. The van der Waals surface area contributed by atoms with Crippen molar-refractivity contribution in [2.45, 2.75) is 5.92 Å². The summed E-state index contributed by atoms with van der Waals surface area (Å²) >= 11 is 12.3. The van der Waals surface area contributed by atoms with Crippen LogP contribution in [0.1, 0.15) is 37.9 Å². The molecule has 8 nitrogen and oxygen atoms in total. The van der Waals surface area contributed by atoms with Gasteiger partial charge in [0, 0.05) is 21.9 Å². The van der Waals surface area contributed by atoms with E-state index in [1.54, 1.807) is 24.3 Å². The van der Waals surface area contributed by atoms with Crippen LogP contribution in [0.5, 0.6) is 0 Å². The molecule has 0 bridgehead atoms. The number of rotatable bonds is 5. The molecule has 0 radical (unpaired) electrons. The summed E-state index contributed by atoms with van der Waals surface area (Å²) in [6, 6.07) is 8.35. The first-order chi connectivity index (χ1) is 13.7. The van der Waals surface area contributed by atoms with Crippen LogP contribution >= 0.6 is 23.2 Å². The average molecular weight is 435 g/mol. The van der Waals surface area contributed by atoms with Crippen LogP contribution in [0, 0.1) is 0 Å². The van der Waals surface area contributed by atoms with Crippen molar-refractivity contribution in [3.05, 3.63) is 68.8 Å². The molecule has 0 aliphatic heterocycles. The minimum atomic E-state index is -0.998. The van der Waals surface area contributed by atoms with Gasteiger partial charge >= 0.3 is 6.03 Å². The van der Waals surface area contributed by atoms with Crippen molar-refractivity contribution in [2.24, 2.45) is 17.2 Å². The van der Waals surface area contributed by atoms with Gasteiger partial charge in [0.15, 0.2) is 0 Å². The number of nitrogens with two attached hydrogens (primary N) is 3. The van der Waals surface area contributed by atoms with Gasteiger partial charge < -0.3 is 22.3 Å². The first kappa shape index (κ1) is 20.7. The van der Waals surface area contributed by atoms with Crippen molar-refractivity contribution in [3.63, 3.8) is 0 Å². The molecule has 0 spiro atoms. The van der Waals surface area contributed by atoms with Crippen molar-refractivity contribution in [1.29, 1.82) is 0 Å². The quantitative estimate of drug-likeness (QED) is 0.485. The third-order valence-electron chi connectivity index (χ3n) is 4.61. The number of halogens is 2. The van der Waals surface area contributed by atoms with Crippen LogP contribution in [0.2, 0.25) is 10.0 Å². The normalized spacial score (nSPS) is 12.1. The van der Waals surface area contributed by atoms with E-state index in [0.717, 1.165) is 4.57 Å². The number of nitrogens with zero attached hydrogens (tertiary/aromatic N) is 1. The number of hydrogen-bond acceptors (Lipinski definition) is 4. The summed E-state index contributed by atoms with van der Waals surface area (Å²) in [5.74, 6) is -2.79. The van der Waals surface area contributed by atoms with Crippen LogP contribution in [-0.4, -0.2) is 34.1 Å². The zero-order valence-electron chi connectivity index (χ0n) is 14.9. The lowest BCUT2D eigenvalue weighted by Gasteiger charge is -2.20. The van der Waals surface area contributed by atoms with E-state index in [0.29, 0.717) is 10.9 Å². The maximum Gasteiger partial charge on any atom is 0.324 e. The number of carbonyl (C=O) groups excluding carboxylic acids is 3. The number of para-hydroxylation sites is 1. The lowest BCUT2D eigenvalue weighted by Crippen LogP contribution is -2.28. The average Bonchev–Trinajstić information content (AvgIpc) is 2.97. The SMILES string of the molecule is NC(=O)c1c(Cl)cc(Cl)cc1C(CO)c1c(C(N)=O)n(C(N)=O)c2ccccc12. The van der Waals surface area contributed by atoms with E-state index in [1.165, 1.54) is 12.1 Å². The fourth-order valence-electron chi connectivity index (χ4n) is 3.56. The second-order valence-electron chi connectivity index (χ2n) is 6.27. The fraction of sp³-hybridized carbons (Fsp3) is 0.105. The molecular weight excluding hydrogens is 419 g/mol. The molecular formula is C19H16Cl2N4O4. The number of benzene rings is 2. The summed E-state index contributed by atoms with van der Waals surface area (Å²) < 4.78 is 0.964. The van der Waals surface area contributed by atoms with E-state index in [9.17, 15) is 19.5 Å². The van der Waals surface area contributed by atoms with E-state index >= 15 is 0 Å². The topological polar surface area (TPSA) is 154 Å². The van der Waals surface area contributed by atoms with E-state index in [-0.39, 0.29) is 32.4 Å². The molecule has 1 atom stereocenters. The Morgan fingerprint density at radius 3 is 2.24 bits per heavy atom. The summed E-state index contributed by atoms with van der Waals surface area (Å²) in [5, 5.41) is 10.8. The van der Waals surface area contributed by atoms with Crippen molar-refractivity contribution in [2.75, 3.05) is 6.61 Å². The van der Waals surface area contributed by atoms with Gasteiger partial charge in [-0.05, 0) is 23.8 Å². The van der Waals surface area contributed by atoms with Crippen LogP contribution in [0.3, 0.4) is 0 Å². The molecule has 3 amide bonds. The molecule has 2 aromatic carbocycles. The minimum absolute atomic E-state index is 0.0160. The molecule has 0 saturated heterocycles. The van der Waals surface area contributed by atoms with Gasteiger partial charge in [-0.2, -0.15) is 0 Å². The van der Waals surface area contributed by atoms with E-state index < -0.39 is 30.4 Å². The Hall–Kier alpha value is -3.07. The maximum absolute atomic E-state index is 12.3. The number of aliphatic hydroxyl groups is 1. The Morgan fingerprint density at radius 2 is 1.69 bits per heavy atom. The number of amides is 3. The van der Waals surface area contributed by atoms with Crippen molar-refractivity contribution in [3.8, 4) is 0 Å². The predicted octanol–water partition coefficient (Wildman–Crippen LogP) is 2.20. The summed E-state index contributed by atoms with van der Waals surface area (Å²) in [5.41, 5.74) is 16.9. The van der Waals surface area contributed by atoms with Gasteiger partial charge in [-0.3, -0.25) is 14.2 Å². The molecule has 1 heterocycles. The molecule has 29 heavy (non-hydrogen) atoms. The van der Waals surface area contributed by atoms with Gasteiger partial charge in [0.2, 0.25) is 0 Å².